The molecule has 0 unspecified atom stereocenters. The average molecular weight is 241 g/mol. The Morgan fingerprint density at radius 3 is 1.56 bits per heavy atom. The summed E-state index contributed by atoms with van der Waals surface area (Å²) in [5.41, 5.74) is 9.17. The topological polar surface area (TPSA) is 50.7 Å². The third kappa shape index (κ3) is 4.37. The van der Waals surface area contributed by atoms with E-state index in [1.807, 2.05) is 69.3 Å². The van der Waals surface area contributed by atoms with E-state index in [1.165, 1.54) is 5.56 Å². The number of benzene rings is 2. The third-order valence-electron chi connectivity index (χ3n) is 2.21. The predicted octanol–water partition coefficient (Wildman–Crippen LogP) is 5.02. The van der Waals surface area contributed by atoms with Gasteiger partial charge in [-0.25, -0.2) is 0 Å². The molecule has 0 aliphatic heterocycles. The van der Waals surface area contributed by atoms with E-state index in [-0.39, 0.29) is 0 Å². The van der Waals surface area contributed by atoms with Crippen molar-refractivity contribution in [3.8, 4) is 0 Å². The van der Waals surface area contributed by atoms with Gasteiger partial charge in [-0.2, -0.15) is 10.2 Å². The molecule has 0 atom stereocenters. The Balaban J connectivity index is 0.000000771. The Labute approximate surface area is 108 Å². The average Bonchev–Trinajstić information content (AvgIpc) is 2.42. The van der Waals surface area contributed by atoms with Gasteiger partial charge >= 0.3 is 0 Å². The summed E-state index contributed by atoms with van der Waals surface area (Å²) in [7, 11) is 0. The second-order valence-electron chi connectivity index (χ2n) is 3.63. The molecule has 0 heterocycles. The smallest absolute Gasteiger partial charge is 0.0858 e. The standard InChI is InChI=1S/C13H13N3.C2H6/c1-10-2-6-12(7-3-10)15-16-13-8-4-11(14)5-9-13;1-2/h2-9H,14H2,1H3;1-2H3. The van der Waals surface area contributed by atoms with Gasteiger partial charge in [0.2, 0.25) is 0 Å². The van der Waals surface area contributed by atoms with Crippen LogP contribution >= 0.6 is 0 Å². The van der Waals surface area contributed by atoms with Gasteiger partial charge in [-0.15, -0.1) is 0 Å². The fourth-order valence-electron chi connectivity index (χ4n) is 1.27. The van der Waals surface area contributed by atoms with Gasteiger partial charge in [0, 0.05) is 5.69 Å². The van der Waals surface area contributed by atoms with Crippen LogP contribution in [0.25, 0.3) is 0 Å². The van der Waals surface area contributed by atoms with Crippen molar-refractivity contribution < 1.29 is 0 Å². The largest absolute Gasteiger partial charge is 0.399 e. The second kappa shape index (κ2) is 7.22. The van der Waals surface area contributed by atoms with Gasteiger partial charge in [0.1, 0.15) is 0 Å². The molecule has 0 saturated heterocycles. The van der Waals surface area contributed by atoms with Gasteiger partial charge < -0.3 is 5.73 Å². The van der Waals surface area contributed by atoms with Crippen LogP contribution in [-0.2, 0) is 0 Å². The summed E-state index contributed by atoms with van der Waals surface area (Å²) in [6, 6.07) is 15.2. The first-order valence-corrected chi connectivity index (χ1v) is 6.08. The number of hydrogen-bond acceptors (Lipinski definition) is 3. The number of nitrogen functional groups attached to an aromatic ring is 1. The van der Waals surface area contributed by atoms with E-state index >= 15 is 0 Å². The van der Waals surface area contributed by atoms with Gasteiger partial charge in [0.15, 0.2) is 0 Å². The normalized spacial score (nSPS) is 9.94. The minimum atomic E-state index is 0.731. The molecule has 2 aromatic carbocycles. The van der Waals surface area contributed by atoms with Crippen molar-refractivity contribution in [1.29, 1.82) is 0 Å². The van der Waals surface area contributed by atoms with Gasteiger partial charge in [0.05, 0.1) is 11.4 Å². The fourth-order valence-corrected chi connectivity index (χ4v) is 1.27. The minimum absolute atomic E-state index is 0.731. The molecule has 0 fully saturated rings. The lowest BCUT2D eigenvalue weighted by atomic mass is 10.2. The molecule has 0 saturated carbocycles. The lowest BCUT2D eigenvalue weighted by Crippen LogP contribution is -1.80. The molecule has 3 nitrogen and oxygen atoms in total. The van der Waals surface area contributed by atoms with Crippen molar-refractivity contribution in [2.75, 3.05) is 5.73 Å². The highest BCUT2D eigenvalue weighted by atomic mass is 15.1. The second-order valence-corrected chi connectivity index (χ2v) is 3.63. The predicted molar refractivity (Wildman–Crippen MR) is 77.6 cm³/mol. The van der Waals surface area contributed by atoms with E-state index in [0.717, 1.165) is 17.1 Å². The van der Waals surface area contributed by atoms with Crippen LogP contribution in [0.5, 0.6) is 0 Å². The van der Waals surface area contributed by atoms with Crippen molar-refractivity contribution in [2.24, 2.45) is 10.2 Å². The first-order chi connectivity index (χ1) is 8.74. The number of anilines is 1. The van der Waals surface area contributed by atoms with Gasteiger partial charge in [-0.3, -0.25) is 0 Å². The monoisotopic (exact) mass is 241 g/mol. The number of azo groups is 1. The number of hydrogen-bond donors (Lipinski definition) is 1. The Hall–Kier alpha value is -2.16. The van der Waals surface area contributed by atoms with E-state index in [0.29, 0.717) is 0 Å². The minimum Gasteiger partial charge on any atom is -0.399 e. The van der Waals surface area contributed by atoms with Crippen LogP contribution in [-0.4, -0.2) is 0 Å². The number of nitrogens with two attached hydrogens (primary N) is 1. The van der Waals surface area contributed by atoms with E-state index in [1.54, 1.807) is 0 Å². The van der Waals surface area contributed by atoms with Crippen LogP contribution in [0.1, 0.15) is 19.4 Å². The van der Waals surface area contributed by atoms with Crippen LogP contribution in [0.2, 0.25) is 0 Å². The van der Waals surface area contributed by atoms with E-state index in [4.69, 9.17) is 5.73 Å². The van der Waals surface area contributed by atoms with Crippen LogP contribution in [0.3, 0.4) is 0 Å². The highest BCUT2D eigenvalue weighted by molar-refractivity contribution is 5.48. The zero-order chi connectivity index (χ0) is 13.4. The third-order valence-corrected chi connectivity index (χ3v) is 2.21. The summed E-state index contributed by atoms with van der Waals surface area (Å²) >= 11 is 0. The van der Waals surface area contributed by atoms with Crippen LogP contribution < -0.4 is 5.73 Å². The summed E-state index contributed by atoms with van der Waals surface area (Å²) in [6.45, 7) is 6.04. The van der Waals surface area contributed by atoms with Crippen LogP contribution in [0.15, 0.2) is 58.8 Å². The first-order valence-electron chi connectivity index (χ1n) is 6.08. The van der Waals surface area contributed by atoms with Crippen molar-refractivity contribution in [1.82, 2.24) is 0 Å². The van der Waals surface area contributed by atoms with Crippen molar-refractivity contribution >= 4 is 17.1 Å². The molecular formula is C15H19N3. The van der Waals surface area contributed by atoms with Crippen LogP contribution in [0, 0.1) is 6.92 Å². The lowest BCUT2D eigenvalue weighted by Gasteiger charge is -1.95. The molecule has 3 heteroatoms. The zero-order valence-corrected chi connectivity index (χ0v) is 11.1. The molecule has 0 aromatic heterocycles. The van der Waals surface area contributed by atoms with Crippen molar-refractivity contribution in [2.45, 2.75) is 20.8 Å². The van der Waals surface area contributed by atoms with Crippen molar-refractivity contribution in [3.05, 3.63) is 54.1 Å². The van der Waals surface area contributed by atoms with Gasteiger partial charge in [-0.05, 0) is 43.3 Å². The summed E-state index contributed by atoms with van der Waals surface area (Å²) in [6.07, 6.45) is 0. The Morgan fingerprint density at radius 1 is 0.722 bits per heavy atom. The quantitative estimate of drug-likeness (QED) is 0.582. The molecule has 2 aromatic rings. The molecule has 0 amide bonds. The summed E-state index contributed by atoms with van der Waals surface area (Å²) in [4.78, 5) is 0. The Bertz CT molecular complexity index is 437. The molecule has 2 N–H and O–H groups in total. The van der Waals surface area contributed by atoms with E-state index in [9.17, 15) is 0 Å². The van der Waals surface area contributed by atoms with E-state index < -0.39 is 0 Å². The SMILES string of the molecule is CC.Cc1ccc(N=Nc2ccc(N)cc2)cc1. The molecule has 2 rings (SSSR count). The van der Waals surface area contributed by atoms with Gasteiger partial charge in [-0.1, -0.05) is 31.5 Å². The van der Waals surface area contributed by atoms with Crippen molar-refractivity contribution in [3.63, 3.8) is 0 Å². The zero-order valence-electron chi connectivity index (χ0n) is 11.1. The van der Waals surface area contributed by atoms with Gasteiger partial charge in [0.25, 0.3) is 0 Å². The van der Waals surface area contributed by atoms with E-state index in [2.05, 4.69) is 10.2 Å². The molecule has 0 aliphatic rings. The molecule has 0 spiro atoms. The maximum atomic E-state index is 5.58. The maximum absolute atomic E-state index is 5.58. The molecule has 0 bridgehead atoms. The Morgan fingerprint density at radius 2 is 1.11 bits per heavy atom. The molecule has 0 radical (unpaired) electrons. The Kier molecular flexibility index (Phi) is 5.58. The lowest BCUT2D eigenvalue weighted by molar-refractivity contribution is 1.23. The molecular weight excluding hydrogens is 222 g/mol. The number of nitrogens with zero attached hydrogens (tertiary/aromatic N) is 2. The summed E-state index contributed by atoms with van der Waals surface area (Å²) in [5, 5.41) is 8.25. The fraction of sp³-hybridized carbons (Fsp3) is 0.200. The molecule has 94 valence electrons. The maximum Gasteiger partial charge on any atom is 0.0858 e. The number of rotatable bonds is 2. The highest BCUT2D eigenvalue weighted by Gasteiger charge is 1.90. The summed E-state index contributed by atoms with van der Waals surface area (Å²) in [5.74, 6) is 0. The molecule has 18 heavy (non-hydrogen) atoms. The first kappa shape index (κ1) is 13.9. The number of aryl methyl sites for hydroxylation is 1. The highest BCUT2D eigenvalue weighted by Crippen LogP contribution is 2.19. The molecule has 0 aliphatic carbocycles. The summed E-state index contributed by atoms with van der Waals surface area (Å²) < 4.78 is 0. The van der Waals surface area contributed by atoms with Crippen LogP contribution in [0.4, 0.5) is 17.1 Å².